The van der Waals surface area contributed by atoms with Crippen molar-refractivity contribution in [2.24, 2.45) is 0 Å². The van der Waals surface area contributed by atoms with Gasteiger partial charge in [0.25, 0.3) is 0 Å². The molecule has 0 atom stereocenters. The molecule has 0 radical (unpaired) electrons. The molecule has 3 rings (SSSR count). The number of halogens is 1. The molecule has 1 aliphatic heterocycles. The molecule has 2 aromatic rings. The molecule has 0 aromatic carbocycles. The van der Waals surface area contributed by atoms with Gasteiger partial charge in [-0.1, -0.05) is 0 Å². The van der Waals surface area contributed by atoms with Crippen LogP contribution in [0.3, 0.4) is 0 Å². The summed E-state index contributed by atoms with van der Waals surface area (Å²) >= 11 is 3.48. The van der Waals surface area contributed by atoms with Crippen LogP contribution in [-0.4, -0.2) is 25.2 Å². The highest BCUT2D eigenvalue weighted by Crippen LogP contribution is 2.29. The highest BCUT2D eigenvalue weighted by atomic mass is 79.9. The van der Waals surface area contributed by atoms with Gasteiger partial charge in [0.2, 0.25) is 5.88 Å². The zero-order chi connectivity index (χ0) is 12.9. The Labute approximate surface area is 114 Å². The second-order valence-electron chi connectivity index (χ2n) is 5.26. The summed E-state index contributed by atoms with van der Waals surface area (Å²) in [5.41, 5.74) is 1.80. The van der Waals surface area contributed by atoms with Gasteiger partial charge in [-0.15, -0.1) is 0 Å². The van der Waals surface area contributed by atoms with Crippen LogP contribution in [0, 0.1) is 6.92 Å². The molecule has 0 saturated carbocycles. The molecule has 2 aromatic heterocycles. The average molecular weight is 311 g/mol. The van der Waals surface area contributed by atoms with E-state index in [1.807, 2.05) is 28.4 Å². The van der Waals surface area contributed by atoms with Crippen molar-refractivity contribution in [1.29, 1.82) is 0 Å². The van der Waals surface area contributed by atoms with Crippen molar-refractivity contribution in [3.63, 3.8) is 0 Å². The smallest absolute Gasteiger partial charge is 0.212 e. The van der Waals surface area contributed by atoms with Gasteiger partial charge in [-0.05, 0) is 42.8 Å². The van der Waals surface area contributed by atoms with E-state index in [0.29, 0.717) is 6.54 Å². The van der Waals surface area contributed by atoms with Crippen LogP contribution < -0.4 is 4.74 Å². The molecule has 0 unspecified atom stereocenters. The van der Waals surface area contributed by atoms with Gasteiger partial charge in [0.15, 0.2) is 0 Å². The van der Waals surface area contributed by atoms with E-state index in [2.05, 4.69) is 40.0 Å². The lowest BCUT2D eigenvalue weighted by atomic mass is 10.1. The molecule has 5 nitrogen and oxygen atoms in total. The van der Waals surface area contributed by atoms with E-state index in [4.69, 9.17) is 4.74 Å². The first-order valence-electron chi connectivity index (χ1n) is 5.89. The first-order chi connectivity index (χ1) is 8.43. The lowest BCUT2D eigenvalue weighted by Crippen LogP contribution is -2.26. The highest BCUT2D eigenvalue weighted by molar-refractivity contribution is 9.10. The minimum Gasteiger partial charge on any atom is -0.470 e. The van der Waals surface area contributed by atoms with Gasteiger partial charge in [0, 0.05) is 6.07 Å². The lowest BCUT2D eigenvalue weighted by molar-refractivity contribution is 0.135. The Hall–Kier alpha value is -1.30. The van der Waals surface area contributed by atoms with Crippen molar-refractivity contribution in [3.05, 3.63) is 28.1 Å². The second kappa shape index (κ2) is 3.85. The van der Waals surface area contributed by atoms with Crippen molar-refractivity contribution in [2.45, 2.75) is 39.5 Å². The SMILES string of the molecule is Cc1cc(Br)n(Cc2cc3n(n2)CC(C)(C)O3)n1. The van der Waals surface area contributed by atoms with Gasteiger partial charge >= 0.3 is 0 Å². The Morgan fingerprint density at radius 2 is 2.17 bits per heavy atom. The van der Waals surface area contributed by atoms with E-state index < -0.39 is 0 Å². The van der Waals surface area contributed by atoms with Crippen LogP contribution >= 0.6 is 15.9 Å². The van der Waals surface area contributed by atoms with Crippen molar-refractivity contribution >= 4 is 15.9 Å². The standard InChI is InChI=1S/C12H15BrN4O/c1-8-4-10(13)16(14-8)6-9-5-11-17(15-9)7-12(2,3)18-11/h4-5H,6-7H2,1-3H3. The molecular weight excluding hydrogens is 296 g/mol. The molecular formula is C12H15BrN4O. The molecule has 1 aliphatic rings. The van der Waals surface area contributed by atoms with Crippen LogP contribution in [0.25, 0.3) is 0 Å². The summed E-state index contributed by atoms with van der Waals surface area (Å²) in [6.07, 6.45) is 0. The predicted octanol–water partition coefficient (Wildman–Crippen LogP) is 2.37. The summed E-state index contributed by atoms with van der Waals surface area (Å²) in [5.74, 6) is 0.843. The molecule has 18 heavy (non-hydrogen) atoms. The van der Waals surface area contributed by atoms with E-state index in [1.54, 1.807) is 0 Å². The Kier molecular flexibility index (Phi) is 2.52. The van der Waals surface area contributed by atoms with Crippen LogP contribution in [-0.2, 0) is 13.1 Å². The highest BCUT2D eigenvalue weighted by Gasteiger charge is 2.31. The fourth-order valence-corrected chi connectivity index (χ4v) is 2.71. The zero-order valence-corrected chi connectivity index (χ0v) is 12.2. The number of ether oxygens (including phenoxy) is 1. The maximum absolute atomic E-state index is 5.81. The maximum Gasteiger partial charge on any atom is 0.212 e. The quantitative estimate of drug-likeness (QED) is 0.855. The van der Waals surface area contributed by atoms with Crippen LogP contribution in [0.1, 0.15) is 25.2 Å². The first kappa shape index (κ1) is 11.8. The van der Waals surface area contributed by atoms with Crippen LogP contribution in [0.2, 0.25) is 0 Å². The second-order valence-corrected chi connectivity index (χ2v) is 6.07. The van der Waals surface area contributed by atoms with E-state index in [9.17, 15) is 0 Å². The summed E-state index contributed by atoms with van der Waals surface area (Å²) < 4.78 is 10.6. The number of fused-ring (bicyclic) bond motifs is 1. The fraction of sp³-hybridized carbons (Fsp3) is 0.500. The normalized spacial score (nSPS) is 16.7. The van der Waals surface area contributed by atoms with Crippen LogP contribution in [0.15, 0.2) is 16.7 Å². The summed E-state index contributed by atoms with van der Waals surface area (Å²) in [4.78, 5) is 0. The van der Waals surface area contributed by atoms with Crippen molar-refractivity contribution in [3.8, 4) is 5.88 Å². The van der Waals surface area contributed by atoms with Gasteiger partial charge in [-0.2, -0.15) is 10.2 Å². The number of aryl methyl sites for hydroxylation is 1. The number of nitrogens with zero attached hydrogens (tertiary/aromatic N) is 4. The van der Waals surface area contributed by atoms with Crippen LogP contribution in [0.5, 0.6) is 5.88 Å². The molecule has 0 bridgehead atoms. The molecule has 0 amide bonds. The van der Waals surface area contributed by atoms with Gasteiger partial charge < -0.3 is 4.74 Å². The van der Waals surface area contributed by atoms with E-state index >= 15 is 0 Å². The number of aromatic nitrogens is 4. The Bertz CT molecular complexity index is 574. The largest absolute Gasteiger partial charge is 0.470 e. The molecule has 0 N–H and O–H groups in total. The third-order valence-corrected chi connectivity index (χ3v) is 3.51. The molecule has 0 aliphatic carbocycles. The summed E-state index contributed by atoms with van der Waals surface area (Å²) in [7, 11) is 0. The number of hydrogen-bond acceptors (Lipinski definition) is 3. The monoisotopic (exact) mass is 310 g/mol. The Morgan fingerprint density at radius 1 is 1.39 bits per heavy atom. The molecule has 0 saturated heterocycles. The topological polar surface area (TPSA) is 44.9 Å². The first-order valence-corrected chi connectivity index (χ1v) is 6.68. The van der Waals surface area contributed by atoms with E-state index in [0.717, 1.165) is 28.4 Å². The minimum absolute atomic E-state index is 0.149. The zero-order valence-electron chi connectivity index (χ0n) is 10.6. The Balaban J connectivity index is 1.82. The maximum atomic E-state index is 5.81. The average Bonchev–Trinajstić information content (AvgIpc) is 2.78. The van der Waals surface area contributed by atoms with E-state index in [1.165, 1.54) is 0 Å². The van der Waals surface area contributed by atoms with Gasteiger partial charge in [-0.3, -0.25) is 4.68 Å². The van der Waals surface area contributed by atoms with Gasteiger partial charge in [0.05, 0.1) is 24.5 Å². The van der Waals surface area contributed by atoms with Crippen molar-refractivity contribution in [2.75, 3.05) is 0 Å². The molecule has 96 valence electrons. The molecule has 6 heteroatoms. The van der Waals surface area contributed by atoms with E-state index in [-0.39, 0.29) is 5.60 Å². The van der Waals surface area contributed by atoms with Gasteiger partial charge in [-0.25, -0.2) is 4.68 Å². The van der Waals surface area contributed by atoms with Crippen molar-refractivity contribution in [1.82, 2.24) is 19.6 Å². The molecule has 0 fully saturated rings. The number of hydrogen-bond donors (Lipinski definition) is 0. The van der Waals surface area contributed by atoms with Crippen molar-refractivity contribution < 1.29 is 4.74 Å². The summed E-state index contributed by atoms with van der Waals surface area (Å²) in [5, 5.41) is 8.94. The Morgan fingerprint density at radius 3 is 2.78 bits per heavy atom. The summed E-state index contributed by atoms with van der Waals surface area (Å²) in [6, 6.07) is 3.97. The summed E-state index contributed by atoms with van der Waals surface area (Å²) in [6.45, 7) is 7.55. The van der Waals surface area contributed by atoms with Gasteiger partial charge in [0.1, 0.15) is 10.2 Å². The predicted molar refractivity (Wildman–Crippen MR) is 70.7 cm³/mol. The minimum atomic E-state index is -0.149. The number of rotatable bonds is 2. The third kappa shape index (κ3) is 2.05. The molecule has 0 spiro atoms. The molecule has 3 heterocycles. The lowest BCUT2D eigenvalue weighted by Gasteiger charge is -2.15. The fourth-order valence-electron chi connectivity index (χ4n) is 2.18. The third-order valence-electron chi connectivity index (χ3n) is 2.87. The van der Waals surface area contributed by atoms with Crippen LogP contribution in [0.4, 0.5) is 0 Å².